The molecular formula is C9H17NO. The molecule has 1 aliphatic heterocycles. The Hall–Kier alpha value is -0.340. The van der Waals surface area contributed by atoms with Gasteiger partial charge in [-0.3, -0.25) is 0 Å². The van der Waals surface area contributed by atoms with Crippen LogP contribution in [0.1, 0.15) is 20.3 Å². The fourth-order valence-electron chi connectivity index (χ4n) is 1.42. The van der Waals surface area contributed by atoms with Crippen molar-refractivity contribution in [1.29, 1.82) is 0 Å². The van der Waals surface area contributed by atoms with Crippen molar-refractivity contribution in [2.24, 2.45) is 5.92 Å². The zero-order valence-electron chi connectivity index (χ0n) is 7.35. The van der Waals surface area contributed by atoms with Gasteiger partial charge >= 0.3 is 0 Å². The van der Waals surface area contributed by atoms with Gasteiger partial charge in [-0.15, -0.1) is 0 Å². The van der Waals surface area contributed by atoms with Gasteiger partial charge in [0.05, 0.1) is 5.60 Å². The van der Waals surface area contributed by atoms with E-state index < -0.39 is 5.60 Å². The van der Waals surface area contributed by atoms with Crippen LogP contribution in [0.3, 0.4) is 0 Å². The molecular weight excluding hydrogens is 138 g/mol. The normalized spacial score (nSPS) is 27.2. The van der Waals surface area contributed by atoms with Crippen LogP contribution in [0.15, 0.2) is 12.2 Å². The third kappa shape index (κ3) is 2.31. The van der Waals surface area contributed by atoms with Gasteiger partial charge in [-0.25, -0.2) is 0 Å². The van der Waals surface area contributed by atoms with Crippen LogP contribution in [-0.2, 0) is 0 Å². The Bertz CT molecular complexity index is 157. The molecule has 0 aliphatic carbocycles. The molecule has 1 rings (SSSR count). The van der Waals surface area contributed by atoms with Crippen LogP contribution < -0.4 is 5.32 Å². The highest BCUT2D eigenvalue weighted by Gasteiger charge is 2.28. The van der Waals surface area contributed by atoms with Gasteiger partial charge in [-0.05, 0) is 20.3 Å². The van der Waals surface area contributed by atoms with Gasteiger partial charge < -0.3 is 10.4 Å². The lowest BCUT2D eigenvalue weighted by Crippen LogP contribution is -2.42. The summed E-state index contributed by atoms with van der Waals surface area (Å²) in [6, 6.07) is 0. The minimum atomic E-state index is -0.573. The maximum atomic E-state index is 9.68. The van der Waals surface area contributed by atoms with Crippen LogP contribution >= 0.6 is 0 Å². The zero-order valence-corrected chi connectivity index (χ0v) is 7.35. The minimum absolute atomic E-state index is 0.323. The van der Waals surface area contributed by atoms with Gasteiger partial charge in [0.25, 0.3) is 0 Å². The molecule has 2 nitrogen and oxygen atoms in total. The van der Waals surface area contributed by atoms with Gasteiger partial charge in [0.2, 0.25) is 0 Å². The predicted molar refractivity (Wildman–Crippen MR) is 46.4 cm³/mol. The van der Waals surface area contributed by atoms with Gasteiger partial charge in [0, 0.05) is 19.0 Å². The highest BCUT2D eigenvalue weighted by atomic mass is 16.3. The summed E-state index contributed by atoms with van der Waals surface area (Å²) in [6.45, 7) is 9.44. The molecule has 0 aromatic heterocycles. The lowest BCUT2D eigenvalue weighted by molar-refractivity contribution is 0.0136. The molecule has 0 radical (unpaired) electrons. The van der Waals surface area contributed by atoms with Crippen LogP contribution in [-0.4, -0.2) is 23.8 Å². The van der Waals surface area contributed by atoms with E-state index in [0.29, 0.717) is 5.92 Å². The number of aliphatic hydroxyl groups is 1. The monoisotopic (exact) mass is 155 g/mol. The summed E-state index contributed by atoms with van der Waals surface area (Å²) in [6.07, 6.45) is 0.955. The van der Waals surface area contributed by atoms with Crippen molar-refractivity contribution in [3.05, 3.63) is 12.2 Å². The van der Waals surface area contributed by atoms with Crippen LogP contribution in [0.5, 0.6) is 0 Å². The van der Waals surface area contributed by atoms with E-state index in [4.69, 9.17) is 0 Å². The van der Waals surface area contributed by atoms with Gasteiger partial charge in [0.15, 0.2) is 0 Å². The van der Waals surface area contributed by atoms with E-state index in [1.807, 2.05) is 13.8 Å². The summed E-state index contributed by atoms with van der Waals surface area (Å²) < 4.78 is 0. The van der Waals surface area contributed by atoms with Crippen molar-refractivity contribution in [2.45, 2.75) is 25.9 Å². The Kier molecular flexibility index (Phi) is 2.35. The molecule has 11 heavy (non-hydrogen) atoms. The van der Waals surface area contributed by atoms with E-state index in [1.54, 1.807) is 0 Å². The first-order valence-corrected chi connectivity index (χ1v) is 4.10. The summed E-state index contributed by atoms with van der Waals surface area (Å²) in [7, 11) is 0. The molecule has 1 fully saturated rings. The second-order valence-corrected chi connectivity index (χ2v) is 3.94. The Labute approximate surface area is 68.3 Å². The summed E-state index contributed by atoms with van der Waals surface area (Å²) in [5.41, 5.74) is 0.625. The third-order valence-electron chi connectivity index (χ3n) is 2.30. The molecule has 2 heteroatoms. The Morgan fingerprint density at radius 1 is 1.64 bits per heavy atom. The van der Waals surface area contributed by atoms with Crippen molar-refractivity contribution in [3.63, 3.8) is 0 Å². The van der Waals surface area contributed by atoms with Gasteiger partial charge in [0.1, 0.15) is 0 Å². The SMILES string of the molecule is C=C1CNCC(C(C)(C)O)C1. The number of rotatable bonds is 1. The average molecular weight is 155 g/mol. The van der Waals surface area contributed by atoms with Crippen LogP contribution in [0.2, 0.25) is 0 Å². The van der Waals surface area contributed by atoms with Crippen molar-refractivity contribution >= 4 is 0 Å². The van der Waals surface area contributed by atoms with Crippen LogP contribution in [0.4, 0.5) is 0 Å². The molecule has 1 unspecified atom stereocenters. The first kappa shape index (κ1) is 8.75. The molecule has 64 valence electrons. The Morgan fingerprint density at radius 2 is 2.27 bits per heavy atom. The van der Waals surface area contributed by atoms with Crippen LogP contribution in [0.25, 0.3) is 0 Å². The van der Waals surface area contributed by atoms with E-state index in [0.717, 1.165) is 19.5 Å². The predicted octanol–water partition coefficient (Wildman–Crippen LogP) is 0.923. The Balaban J connectivity index is 2.53. The number of hydrogen-bond acceptors (Lipinski definition) is 2. The maximum absolute atomic E-state index is 9.68. The lowest BCUT2D eigenvalue weighted by Gasteiger charge is -2.33. The first-order chi connectivity index (χ1) is 5.00. The molecule has 0 spiro atoms. The summed E-state index contributed by atoms with van der Waals surface area (Å²) in [5, 5.41) is 12.9. The largest absolute Gasteiger partial charge is 0.390 e. The third-order valence-corrected chi connectivity index (χ3v) is 2.30. The molecule has 0 bridgehead atoms. The zero-order chi connectivity index (χ0) is 8.48. The second-order valence-electron chi connectivity index (χ2n) is 3.94. The van der Waals surface area contributed by atoms with E-state index in [9.17, 15) is 5.11 Å². The molecule has 0 aromatic rings. The summed E-state index contributed by atoms with van der Waals surface area (Å²) >= 11 is 0. The van der Waals surface area contributed by atoms with Crippen molar-refractivity contribution in [3.8, 4) is 0 Å². The van der Waals surface area contributed by atoms with E-state index in [2.05, 4.69) is 11.9 Å². The molecule has 1 saturated heterocycles. The van der Waals surface area contributed by atoms with Crippen molar-refractivity contribution in [2.75, 3.05) is 13.1 Å². The molecule has 1 atom stereocenters. The van der Waals surface area contributed by atoms with E-state index in [-0.39, 0.29) is 0 Å². The summed E-state index contributed by atoms with van der Waals surface area (Å²) in [4.78, 5) is 0. The number of piperidine rings is 1. The molecule has 2 N–H and O–H groups in total. The second kappa shape index (κ2) is 2.95. The molecule has 0 saturated carbocycles. The minimum Gasteiger partial charge on any atom is -0.390 e. The van der Waals surface area contributed by atoms with Crippen molar-refractivity contribution in [1.82, 2.24) is 5.32 Å². The smallest absolute Gasteiger partial charge is 0.0634 e. The molecule has 0 amide bonds. The number of nitrogens with one attached hydrogen (secondary N) is 1. The highest BCUT2D eigenvalue weighted by molar-refractivity contribution is 5.04. The quantitative estimate of drug-likeness (QED) is 0.552. The fraction of sp³-hybridized carbons (Fsp3) is 0.778. The van der Waals surface area contributed by atoms with Gasteiger partial charge in [-0.2, -0.15) is 0 Å². The maximum Gasteiger partial charge on any atom is 0.0634 e. The van der Waals surface area contributed by atoms with Gasteiger partial charge in [-0.1, -0.05) is 12.2 Å². The molecule has 1 heterocycles. The van der Waals surface area contributed by atoms with E-state index in [1.165, 1.54) is 5.57 Å². The Morgan fingerprint density at radius 3 is 2.64 bits per heavy atom. The molecule has 1 aliphatic rings. The van der Waals surface area contributed by atoms with E-state index >= 15 is 0 Å². The summed E-state index contributed by atoms with van der Waals surface area (Å²) in [5.74, 6) is 0.323. The topological polar surface area (TPSA) is 32.3 Å². The standard InChI is InChI=1S/C9H17NO/c1-7-4-8(6-10-5-7)9(2,3)11/h8,10-11H,1,4-6H2,2-3H3. The van der Waals surface area contributed by atoms with Crippen LogP contribution in [0, 0.1) is 5.92 Å². The lowest BCUT2D eigenvalue weighted by atomic mass is 9.83. The number of hydrogen-bond donors (Lipinski definition) is 2. The highest BCUT2D eigenvalue weighted by Crippen LogP contribution is 2.24. The fourth-order valence-corrected chi connectivity index (χ4v) is 1.42. The average Bonchev–Trinajstić information content (AvgIpc) is 1.86. The first-order valence-electron chi connectivity index (χ1n) is 4.10. The van der Waals surface area contributed by atoms with Crippen molar-refractivity contribution < 1.29 is 5.11 Å². The molecule has 0 aromatic carbocycles.